The van der Waals surface area contributed by atoms with Gasteiger partial charge in [-0.25, -0.2) is 9.59 Å². The van der Waals surface area contributed by atoms with Gasteiger partial charge in [-0.15, -0.1) is 0 Å². The number of ether oxygens (including phenoxy) is 2. The molecule has 1 aliphatic carbocycles. The molecule has 25 heavy (non-hydrogen) atoms. The van der Waals surface area contributed by atoms with Gasteiger partial charge in [-0.05, 0) is 26.3 Å². The lowest BCUT2D eigenvalue weighted by molar-refractivity contribution is -0.131. The van der Waals surface area contributed by atoms with E-state index in [4.69, 9.17) is 14.6 Å². The molecule has 0 spiro atoms. The number of carboxylic acids is 1. The van der Waals surface area contributed by atoms with E-state index in [9.17, 15) is 9.59 Å². The van der Waals surface area contributed by atoms with Crippen LogP contribution in [0.4, 0.5) is 4.79 Å². The van der Waals surface area contributed by atoms with Gasteiger partial charge in [-0.3, -0.25) is 0 Å². The molecule has 136 valence electrons. The van der Waals surface area contributed by atoms with Gasteiger partial charge >= 0.3 is 12.1 Å². The van der Waals surface area contributed by atoms with E-state index in [1.165, 1.54) is 6.08 Å². The van der Waals surface area contributed by atoms with E-state index in [1.807, 2.05) is 30.3 Å². The summed E-state index contributed by atoms with van der Waals surface area (Å²) in [5, 5.41) is 11.7. The van der Waals surface area contributed by atoms with E-state index >= 15 is 0 Å². The summed E-state index contributed by atoms with van der Waals surface area (Å²) in [5.41, 5.74) is -0.294. The lowest BCUT2D eigenvalue weighted by Crippen LogP contribution is -2.59. The molecular formula is C19H25NO5. The number of hydrogen-bond donors (Lipinski definition) is 2. The van der Waals surface area contributed by atoms with Crippen molar-refractivity contribution < 1.29 is 24.2 Å². The SMILES string of the molecule is CC(C)(C)OC(=O)NC1(/C=C/C(=O)O)CC(OCc2ccccc2)C1. The van der Waals surface area contributed by atoms with E-state index in [2.05, 4.69) is 5.32 Å². The number of benzene rings is 1. The lowest BCUT2D eigenvalue weighted by atomic mass is 9.74. The van der Waals surface area contributed by atoms with Crippen LogP contribution >= 0.6 is 0 Å². The molecule has 1 fully saturated rings. The number of rotatable bonds is 6. The van der Waals surface area contributed by atoms with E-state index in [-0.39, 0.29) is 6.10 Å². The Morgan fingerprint density at radius 3 is 2.48 bits per heavy atom. The summed E-state index contributed by atoms with van der Waals surface area (Å²) in [6, 6.07) is 9.80. The largest absolute Gasteiger partial charge is 0.478 e. The van der Waals surface area contributed by atoms with Crippen LogP contribution in [0.15, 0.2) is 42.5 Å². The van der Waals surface area contributed by atoms with E-state index < -0.39 is 23.2 Å². The Kier molecular flexibility index (Phi) is 5.85. The Morgan fingerprint density at radius 1 is 1.28 bits per heavy atom. The van der Waals surface area contributed by atoms with Crippen LogP contribution in [0, 0.1) is 0 Å². The smallest absolute Gasteiger partial charge is 0.408 e. The Hall–Kier alpha value is -2.34. The topological polar surface area (TPSA) is 84.9 Å². The zero-order valence-electron chi connectivity index (χ0n) is 14.8. The minimum absolute atomic E-state index is 0.0476. The number of hydrogen-bond acceptors (Lipinski definition) is 4. The Labute approximate surface area is 147 Å². The number of aliphatic carboxylic acids is 1. The molecule has 0 aromatic heterocycles. The first kappa shape index (κ1) is 19.0. The van der Waals surface area contributed by atoms with Crippen LogP contribution in [0.5, 0.6) is 0 Å². The second-order valence-corrected chi connectivity index (χ2v) is 7.28. The summed E-state index contributed by atoms with van der Waals surface area (Å²) in [6.45, 7) is 5.81. The van der Waals surface area contributed by atoms with Gasteiger partial charge in [-0.2, -0.15) is 0 Å². The predicted molar refractivity (Wildman–Crippen MR) is 93.1 cm³/mol. The maximum Gasteiger partial charge on any atom is 0.408 e. The second-order valence-electron chi connectivity index (χ2n) is 7.28. The van der Waals surface area contributed by atoms with E-state index in [0.29, 0.717) is 19.4 Å². The molecule has 1 aromatic carbocycles. The van der Waals surface area contributed by atoms with Crippen LogP contribution in [0.1, 0.15) is 39.2 Å². The third-order valence-electron chi connectivity index (χ3n) is 3.81. The van der Waals surface area contributed by atoms with Gasteiger partial charge in [0.05, 0.1) is 18.2 Å². The molecule has 6 heteroatoms. The van der Waals surface area contributed by atoms with Crippen molar-refractivity contribution in [2.24, 2.45) is 0 Å². The summed E-state index contributed by atoms with van der Waals surface area (Å²) < 4.78 is 11.1. The van der Waals surface area contributed by atoms with Gasteiger partial charge in [-0.1, -0.05) is 36.4 Å². The van der Waals surface area contributed by atoms with Crippen molar-refractivity contribution in [3.05, 3.63) is 48.0 Å². The van der Waals surface area contributed by atoms with Crippen LogP contribution in [0.2, 0.25) is 0 Å². The zero-order chi connectivity index (χ0) is 18.5. The highest BCUT2D eigenvalue weighted by Gasteiger charge is 2.45. The molecule has 0 saturated heterocycles. The van der Waals surface area contributed by atoms with Crippen molar-refractivity contribution in [1.82, 2.24) is 5.32 Å². The molecule has 0 aliphatic heterocycles. The van der Waals surface area contributed by atoms with Gasteiger partial charge in [0, 0.05) is 18.9 Å². The molecule has 6 nitrogen and oxygen atoms in total. The Bertz CT molecular complexity index is 627. The molecule has 1 saturated carbocycles. The molecule has 0 unspecified atom stereocenters. The van der Waals surface area contributed by atoms with Crippen molar-refractivity contribution in [3.8, 4) is 0 Å². The molecule has 0 heterocycles. The predicted octanol–water partition coefficient (Wildman–Crippen LogP) is 3.27. The molecule has 1 amide bonds. The quantitative estimate of drug-likeness (QED) is 0.772. The number of carbonyl (C=O) groups is 2. The molecular weight excluding hydrogens is 322 g/mol. The number of carboxylic acid groups (broad SMARTS) is 1. The number of nitrogens with one attached hydrogen (secondary N) is 1. The van der Waals surface area contributed by atoms with Crippen LogP contribution in [0.3, 0.4) is 0 Å². The zero-order valence-corrected chi connectivity index (χ0v) is 14.8. The van der Waals surface area contributed by atoms with Crippen molar-refractivity contribution >= 4 is 12.1 Å². The molecule has 1 aromatic rings. The first-order valence-electron chi connectivity index (χ1n) is 8.26. The van der Waals surface area contributed by atoms with Gasteiger partial charge in [0.2, 0.25) is 0 Å². The Morgan fingerprint density at radius 2 is 1.92 bits per heavy atom. The molecule has 2 N–H and O–H groups in total. The number of carbonyl (C=O) groups excluding carboxylic acids is 1. The fraction of sp³-hybridized carbons (Fsp3) is 0.474. The first-order chi connectivity index (χ1) is 11.7. The summed E-state index contributed by atoms with van der Waals surface area (Å²) in [6.07, 6.45) is 2.94. The first-order valence-corrected chi connectivity index (χ1v) is 8.26. The second kappa shape index (κ2) is 7.70. The average molecular weight is 347 g/mol. The minimum atomic E-state index is -1.06. The molecule has 0 atom stereocenters. The molecule has 0 bridgehead atoms. The summed E-state index contributed by atoms with van der Waals surface area (Å²) >= 11 is 0. The van der Waals surface area contributed by atoms with Gasteiger partial charge in [0.15, 0.2) is 0 Å². The summed E-state index contributed by atoms with van der Waals surface area (Å²) in [5.74, 6) is -1.06. The number of alkyl carbamates (subject to hydrolysis) is 1. The van der Waals surface area contributed by atoms with Gasteiger partial charge in [0.1, 0.15) is 5.60 Å². The van der Waals surface area contributed by atoms with Crippen LogP contribution in [-0.4, -0.2) is 34.4 Å². The molecule has 1 aliphatic rings. The maximum atomic E-state index is 12.0. The summed E-state index contributed by atoms with van der Waals surface area (Å²) in [7, 11) is 0. The fourth-order valence-corrected chi connectivity index (χ4v) is 2.68. The maximum absolute atomic E-state index is 12.0. The normalized spacial score (nSPS) is 23.1. The molecule has 2 rings (SSSR count). The van der Waals surface area contributed by atoms with Crippen molar-refractivity contribution in [2.75, 3.05) is 0 Å². The monoisotopic (exact) mass is 347 g/mol. The average Bonchev–Trinajstić information content (AvgIpc) is 2.47. The highest BCUT2D eigenvalue weighted by atomic mass is 16.6. The third-order valence-corrected chi connectivity index (χ3v) is 3.81. The lowest BCUT2D eigenvalue weighted by Gasteiger charge is -2.45. The molecule has 0 radical (unpaired) electrons. The van der Waals surface area contributed by atoms with E-state index in [1.54, 1.807) is 20.8 Å². The Balaban J connectivity index is 1.92. The third kappa shape index (κ3) is 6.23. The van der Waals surface area contributed by atoms with Crippen LogP contribution in [0.25, 0.3) is 0 Å². The number of amides is 1. The summed E-state index contributed by atoms with van der Waals surface area (Å²) in [4.78, 5) is 22.9. The van der Waals surface area contributed by atoms with Crippen LogP contribution < -0.4 is 5.32 Å². The van der Waals surface area contributed by atoms with Crippen molar-refractivity contribution in [3.63, 3.8) is 0 Å². The highest BCUT2D eigenvalue weighted by Crippen LogP contribution is 2.36. The van der Waals surface area contributed by atoms with Crippen molar-refractivity contribution in [1.29, 1.82) is 0 Å². The highest BCUT2D eigenvalue weighted by molar-refractivity contribution is 5.80. The van der Waals surface area contributed by atoms with Crippen LogP contribution in [-0.2, 0) is 20.9 Å². The standard InChI is InChI=1S/C19H25NO5/c1-18(2,3)25-17(23)20-19(10-9-16(21)22)11-15(12-19)24-13-14-7-5-4-6-8-14/h4-10,15H,11-13H2,1-3H3,(H,20,23)(H,21,22)/b10-9+. The van der Waals surface area contributed by atoms with E-state index in [0.717, 1.165) is 11.6 Å². The minimum Gasteiger partial charge on any atom is -0.478 e. The van der Waals surface area contributed by atoms with Gasteiger partial charge in [0.25, 0.3) is 0 Å². The van der Waals surface area contributed by atoms with Crippen molar-refractivity contribution in [2.45, 2.75) is 57.5 Å². The fourth-order valence-electron chi connectivity index (χ4n) is 2.68. The van der Waals surface area contributed by atoms with Gasteiger partial charge < -0.3 is 19.9 Å².